The van der Waals surface area contributed by atoms with Gasteiger partial charge in [-0.3, -0.25) is 38.4 Å². The summed E-state index contributed by atoms with van der Waals surface area (Å²) in [5.74, 6) is -7.46. The van der Waals surface area contributed by atoms with Crippen molar-refractivity contribution < 1.29 is 79.0 Å². The summed E-state index contributed by atoms with van der Waals surface area (Å²) in [7, 11) is -1.85. The van der Waals surface area contributed by atoms with Crippen LogP contribution >= 0.6 is 0 Å². The van der Waals surface area contributed by atoms with E-state index in [1.54, 1.807) is 0 Å². The van der Waals surface area contributed by atoms with Crippen LogP contribution in [0.4, 0.5) is 0 Å². The lowest BCUT2D eigenvalue weighted by Crippen LogP contribution is -2.64. The molecular formula is C51H84BN9O16. The molecule has 8 amide bonds. The van der Waals surface area contributed by atoms with E-state index in [4.69, 9.17) is 11.5 Å². The average Bonchev–Trinajstić information content (AvgIpc) is 3.97. The van der Waals surface area contributed by atoms with E-state index in [1.807, 2.05) is 0 Å². The van der Waals surface area contributed by atoms with Gasteiger partial charge in [0.05, 0.1) is 49.1 Å². The van der Waals surface area contributed by atoms with Gasteiger partial charge in [-0.1, -0.05) is 90.0 Å². The average molecular weight is 1090 g/mol. The predicted molar refractivity (Wildman–Crippen MR) is 279 cm³/mol. The zero-order valence-corrected chi connectivity index (χ0v) is 44.7. The molecule has 3 aliphatic heterocycles. The van der Waals surface area contributed by atoms with E-state index in [0.717, 1.165) is 55.2 Å². The fourth-order valence-electron chi connectivity index (χ4n) is 10.2. The number of carbonyl (C=O) groups excluding carboxylic acids is 8. The molecule has 0 aromatic heterocycles. The summed E-state index contributed by atoms with van der Waals surface area (Å²) in [6.45, 7) is 6.46. The molecule has 432 valence electrons. The highest BCUT2D eigenvalue weighted by atomic mass is 16.4. The van der Waals surface area contributed by atoms with Gasteiger partial charge in [-0.05, 0) is 49.0 Å². The summed E-state index contributed by atoms with van der Waals surface area (Å²) in [4.78, 5) is 113. The Morgan fingerprint density at radius 2 is 1.35 bits per heavy atom. The van der Waals surface area contributed by atoms with E-state index < -0.39 is 172 Å². The van der Waals surface area contributed by atoms with Crippen molar-refractivity contribution in [3.8, 4) is 0 Å². The van der Waals surface area contributed by atoms with Crippen LogP contribution < -0.4 is 43.5 Å². The number of unbranched alkanes of at least 4 members (excludes halogenated alkanes) is 5. The summed E-state index contributed by atoms with van der Waals surface area (Å²) in [5.41, 5.74) is 11.8. The first-order valence-corrected chi connectivity index (χ1v) is 27.0. The molecular weight excluding hydrogens is 1010 g/mol. The van der Waals surface area contributed by atoms with Crippen LogP contribution in [0.15, 0.2) is 24.3 Å². The number of benzene rings is 1. The van der Waals surface area contributed by atoms with Crippen molar-refractivity contribution in [1.82, 2.24) is 36.4 Å². The molecule has 4 rings (SSSR count). The molecule has 3 aliphatic rings. The van der Waals surface area contributed by atoms with Gasteiger partial charge in [-0.15, -0.1) is 0 Å². The van der Waals surface area contributed by atoms with E-state index in [1.165, 1.54) is 30.7 Å². The van der Waals surface area contributed by atoms with Gasteiger partial charge >= 0.3 is 7.12 Å². The predicted octanol–water partition coefficient (Wildman–Crippen LogP) is -4.85. The molecule has 0 radical (unpaired) electrons. The lowest BCUT2D eigenvalue weighted by Gasteiger charge is -2.34. The van der Waals surface area contributed by atoms with Crippen molar-refractivity contribution in [3.05, 3.63) is 29.8 Å². The quantitative estimate of drug-likeness (QED) is 0.0382. The smallest absolute Gasteiger partial charge is 0.423 e. The number of nitrogens with zero attached hydrogens (tertiary/aromatic N) is 2. The van der Waals surface area contributed by atoms with Gasteiger partial charge in [0.2, 0.25) is 47.3 Å². The van der Waals surface area contributed by atoms with Gasteiger partial charge in [0.15, 0.2) is 0 Å². The summed E-state index contributed by atoms with van der Waals surface area (Å²) in [6, 6.07) is -7.27. The monoisotopic (exact) mass is 1090 g/mol. The third kappa shape index (κ3) is 18.9. The normalized spacial score (nSPS) is 28.1. The SMILES string of the molecule is CC[C@H](C)C[C@H](C)CCCCCCCCC(=O)N[C@H]1C[C@@H](O)[C@@H](CN)NC(=O)[C@@H]2[C@@H](O)CCN2C(=O)[C@H]([C@H](O)CC(N)=O)NC(=O)[C@H]([C@H](O)Cc2ccc(B(O)O)cc2)NC(=O)[C@@H]2C[C@@H](O)CN2C(=O)[C@H]([C@@H](C)O)NC1=O. The third-order valence-corrected chi connectivity index (χ3v) is 14.9. The Morgan fingerprint density at radius 3 is 1.96 bits per heavy atom. The maximum absolute atomic E-state index is 14.5. The first-order chi connectivity index (χ1) is 36.4. The topological polar surface area (TPSA) is 417 Å². The van der Waals surface area contributed by atoms with Crippen LogP contribution in [0.25, 0.3) is 0 Å². The number of fused-ring (bicyclic) bond motifs is 2. The molecule has 77 heavy (non-hydrogen) atoms. The lowest BCUT2D eigenvalue weighted by molar-refractivity contribution is -0.147. The number of amides is 8. The molecule has 0 unspecified atom stereocenters. The minimum Gasteiger partial charge on any atom is -0.423 e. The number of aliphatic hydroxyl groups excluding tert-OH is 6. The van der Waals surface area contributed by atoms with Gasteiger partial charge in [0.25, 0.3) is 0 Å². The molecule has 26 heteroatoms. The van der Waals surface area contributed by atoms with E-state index in [-0.39, 0.29) is 30.4 Å². The second-order valence-electron chi connectivity index (χ2n) is 21.3. The van der Waals surface area contributed by atoms with Crippen LogP contribution in [-0.2, 0) is 44.8 Å². The molecule has 1 aromatic rings. The van der Waals surface area contributed by atoms with E-state index >= 15 is 0 Å². The fraction of sp³-hybridized carbons (Fsp3) is 0.725. The van der Waals surface area contributed by atoms with Crippen LogP contribution in [-0.4, -0.2) is 203 Å². The number of primary amides is 1. The van der Waals surface area contributed by atoms with Crippen LogP contribution in [0.1, 0.15) is 123 Å². The van der Waals surface area contributed by atoms with Crippen molar-refractivity contribution in [2.24, 2.45) is 23.3 Å². The Balaban J connectivity index is 1.70. The summed E-state index contributed by atoms with van der Waals surface area (Å²) < 4.78 is 0. The van der Waals surface area contributed by atoms with Crippen molar-refractivity contribution in [2.45, 2.75) is 203 Å². The first kappa shape index (κ1) is 64.2. The minimum atomic E-state index is -2.16. The molecule has 17 N–H and O–H groups in total. The molecule has 15 atom stereocenters. The van der Waals surface area contributed by atoms with Gasteiger partial charge in [-0.25, -0.2) is 0 Å². The summed E-state index contributed by atoms with van der Waals surface area (Å²) >= 11 is 0. The molecule has 3 heterocycles. The molecule has 1 aromatic carbocycles. The number of nitrogens with two attached hydrogens (primary N) is 2. The standard InChI is InChI=1S/C51H84BN9O16/c1-5-27(2)20-28(3)12-10-8-6-7-9-11-13-41(69)55-33-23-37(65)34(25-53)56-49(73)45-36(64)18-19-60(45)51(75)44(39(67)24-40(54)68)59-48(72)43(38(66)21-30-14-16-31(17-15-30)52(76)77)58-47(71)35-22-32(63)26-61(35)50(74)42(29(4)62)57-46(33)70/h14-17,27-29,32-39,42-45,62-67,76-77H,5-13,18-26,53H2,1-4H3,(H2,54,68)(H,55,69)(H,56,73)(H,57,70)(H,58,71)(H,59,72)/t27-,28+,29+,32+,33-,34+,35-,36-,37+,38+,39+,42-,43-,44-,45-/m0/s1. The van der Waals surface area contributed by atoms with E-state index in [2.05, 4.69) is 47.4 Å². The summed E-state index contributed by atoms with van der Waals surface area (Å²) in [5, 5.41) is 99.0. The van der Waals surface area contributed by atoms with Crippen LogP contribution in [0.3, 0.4) is 0 Å². The molecule has 3 saturated heterocycles. The van der Waals surface area contributed by atoms with Crippen molar-refractivity contribution >= 4 is 59.8 Å². The number of aliphatic hydroxyl groups is 6. The number of hydrogen-bond acceptors (Lipinski definition) is 17. The zero-order chi connectivity index (χ0) is 57.3. The fourth-order valence-corrected chi connectivity index (χ4v) is 10.2. The zero-order valence-electron chi connectivity index (χ0n) is 44.7. The maximum atomic E-state index is 14.5. The Kier molecular flexibility index (Phi) is 25.6. The Morgan fingerprint density at radius 1 is 0.740 bits per heavy atom. The van der Waals surface area contributed by atoms with Crippen LogP contribution in [0, 0.1) is 11.8 Å². The molecule has 0 bridgehead atoms. The largest absolute Gasteiger partial charge is 0.488 e. The summed E-state index contributed by atoms with van der Waals surface area (Å²) in [6.07, 6.45) is -4.59. The van der Waals surface area contributed by atoms with Gasteiger partial charge in [0, 0.05) is 45.3 Å². The lowest BCUT2D eigenvalue weighted by atomic mass is 9.80. The second-order valence-corrected chi connectivity index (χ2v) is 21.3. The molecule has 3 fully saturated rings. The Bertz CT molecular complexity index is 2140. The minimum absolute atomic E-state index is 0.0319. The van der Waals surface area contributed by atoms with Gasteiger partial charge < -0.3 is 88.5 Å². The number of hydrogen-bond donors (Lipinski definition) is 15. The highest BCUT2D eigenvalue weighted by molar-refractivity contribution is 6.58. The third-order valence-electron chi connectivity index (χ3n) is 14.9. The second kappa shape index (κ2) is 30.7. The maximum Gasteiger partial charge on any atom is 0.488 e. The van der Waals surface area contributed by atoms with E-state index in [0.29, 0.717) is 24.7 Å². The highest BCUT2D eigenvalue weighted by Gasteiger charge is 2.48. The van der Waals surface area contributed by atoms with E-state index in [9.17, 15) is 79.0 Å². The van der Waals surface area contributed by atoms with Crippen LogP contribution in [0.5, 0.6) is 0 Å². The molecule has 0 saturated carbocycles. The Hall–Kier alpha value is -5.32. The first-order valence-electron chi connectivity index (χ1n) is 27.0. The van der Waals surface area contributed by atoms with Gasteiger partial charge in [-0.2, -0.15) is 0 Å². The molecule has 25 nitrogen and oxygen atoms in total. The van der Waals surface area contributed by atoms with Gasteiger partial charge in [0.1, 0.15) is 36.3 Å². The number of carbonyl (C=O) groups is 8. The van der Waals surface area contributed by atoms with Crippen molar-refractivity contribution in [2.75, 3.05) is 19.6 Å². The van der Waals surface area contributed by atoms with Crippen molar-refractivity contribution in [1.29, 1.82) is 0 Å². The number of rotatable bonds is 22. The van der Waals surface area contributed by atoms with Crippen molar-refractivity contribution in [3.63, 3.8) is 0 Å². The molecule has 0 aliphatic carbocycles. The Labute approximate surface area is 449 Å². The highest BCUT2D eigenvalue weighted by Crippen LogP contribution is 2.25. The number of nitrogens with one attached hydrogen (secondary N) is 5. The molecule has 0 spiro atoms. The van der Waals surface area contributed by atoms with Crippen LogP contribution in [0.2, 0.25) is 0 Å².